The largest absolute Gasteiger partial charge is 0.480 e. The first kappa shape index (κ1) is 15.4. The molecule has 0 aromatic heterocycles. The minimum atomic E-state index is -0.917. The Bertz CT molecular complexity index is 490. The highest BCUT2D eigenvalue weighted by Gasteiger charge is 2.31. The van der Waals surface area contributed by atoms with Crippen molar-refractivity contribution in [3.05, 3.63) is 35.9 Å². The van der Waals surface area contributed by atoms with Gasteiger partial charge in [0.2, 0.25) is 0 Å². The van der Waals surface area contributed by atoms with Gasteiger partial charge < -0.3 is 15.3 Å². The highest BCUT2D eigenvalue weighted by molar-refractivity contribution is 5.83. The number of urea groups is 1. The van der Waals surface area contributed by atoms with Crippen LogP contribution in [0.2, 0.25) is 0 Å². The zero-order chi connectivity index (χ0) is 15.2. The molecule has 0 saturated carbocycles. The lowest BCUT2D eigenvalue weighted by Gasteiger charge is -2.28. The Hall–Kier alpha value is -2.04. The number of amides is 2. The van der Waals surface area contributed by atoms with Crippen molar-refractivity contribution in [1.29, 1.82) is 0 Å². The van der Waals surface area contributed by atoms with Crippen molar-refractivity contribution in [2.45, 2.75) is 44.7 Å². The van der Waals surface area contributed by atoms with Gasteiger partial charge in [0.25, 0.3) is 0 Å². The Morgan fingerprint density at radius 2 is 1.95 bits per heavy atom. The van der Waals surface area contributed by atoms with Gasteiger partial charge in [0.05, 0.1) is 6.04 Å². The number of hydrogen-bond donors (Lipinski definition) is 2. The summed E-state index contributed by atoms with van der Waals surface area (Å²) in [6.07, 6.45) is 3.22. The van der Waals surface area contributed by atoms with Crippen molar-refractivity contribution in [3.8, 4) is 0 Å². The Morgan fingerprint density at radius 3 is 2.62 bits per heavy atom. The molecule has 1 aromatic rings. The summed E-state index contributed by atoms with van der Waals surface area (Å²) in [6.45, 7) is 2.41. The van der Waals surface area contributed by atoms with Gasteiger partial charge in [0.1, 0.15) is 6.04 Å². The number of likely N-dealkylation sites (tertiary alicyclic amines) is 1. The SMILES string of the molecule is CC(NC(=O)N1CCCCCC1C(=O)O)c1ccccc1. The molecule has 0 spiro atoms. The van der Waals surface area contributed by atoms with Crippen LogP contribution in [0.3, 0.4) is 0 Å². The van der Waals surface area contributed by atoms with Crippen LogP contribution < -0.4 is 5.32 Å². The summed E-state index contributed by atoms with van der Waals surface area (Å²) in [5.41, 5.74) is 1.01. The number of nitrogens with zero attached hydrogens (tertiary/aromatic N) is 1. The molecule has 1 fully saturated rings. The van der Waals surface area contributed by atoms with Crippen LogP contribution in [0.25, 0.3) is 0 Å². The molecule has 2 rings (SSSR count). The van der Waals surface area contributed by atoms with Crippen LogP contribution >= 0.6 is 0 Å². The molecule has 0 aliphatic carbocycles. The van der Waals surface area contributed by atoms with Gasteiger partial charge in [0, 0.05) is 6.54 Å². The zero-order valence-corrected chi connectivity index (χ0v) is 12.3. The molecule has 2 atom stereocenters. The van der Waals surface area contributed by atoms with Gasteiger partial charge in [-0.05, 0) is 25.3 Å². The molecule has 5 nitrogen and oxygen atoms in total. The topological polar surface area (TPSA) is 69.6 Å². The Morgan fingerprint density at radius 1 is 1.24 bits per heavy atom. The maximum Gasteiger partial charge on any atom is 0.326 e. The van der Waals surface area contributed by atoms with Crippen molar-refractivity contribution in [3.63, 3.8) is 0 Å². The van der Waals surface area contributed by atoms with Crippen LogP contribution in [-0.2, 0) is 4.79 Å². The zero-order valence-electron chi connectivity index (χ0n) is 12.3. The van der Waals surface area contributed by atoms with Crippen molar-refractivity contribution < 1.29 is 14.7 Å². The Labute approximate surface area is 125 Å². The van der Waals surface area contributed by atoms with Crippen LogP contribution in [0.15, 0.2) is 30.3 Å². The summed E-state index contributed by atoms with van der Waals surface area (Å²) in [5.74, 6) is -0.917. The van der Waals surface area contributed by atoms with Gasteiger partial charge in [-0.3, -0.25) is 0 Å². The summed E-state index contributed by atoms with van der Waals surface area (Å²) in [4.78, 5) is 25.2. The van der Waals surface area contributed by atoms with Crippen LogP contribution in [0.5, 0.6) is 0 Å². The lowest BCUT2D eigenvalue weighted by atomic mass is 10.1. The van der Waals surface area contributed by atoms with Gasteiger partial charge in [0.15, 0.2) is 0 Å². The number of carbonyl (C=O) groups excluding carboxylic acids is 1. The van der Waals surface area contributed by atoms with Gasteiger partial charge in [-0.2, -0.15) is 0 Å². The summed E-state index contributed by atoms with van der Waals surface area (Å²) in [5, 5.41) is 12.2. The first-order valence-corrected chi connectivity index (χ1v) is 7.44. The molecule has 5 heteroatoms. The van der Waals surface area contributed by atoms with Crippen molar-refractivity contribution >= 4 is 12.0 Å². The van der Waals surface area contributed by atoms with Crippen LogP contribution in [-0.4, -0.2) is 34.6 Å². The Kier molecular flexibility index (Phi) is 5.20. The summed E-state index contributed by atoms with van der Waals surface area (Å²) in [7, 11) is 0. The number of nitrogens with one attached hydrogen (secondary N) is 1. The monoisotopic (exact) mass is 290 g/mol. The van der Waals surface area contributed by atoms with E-state index in [4.69, 9.17) is 0 Å². The van der Waals surface area contributed by atoms with Gasteiger partial charge in [-0.1, -0.05) is 43.2 Å². The minimum Gasteiger partial charge on any atom is -0.480 e. The standard InChI is InChI=1S/C16H22N2O3/c1-12(13-8-4-2-5-9-13)17-16(21)18-11-7-3-6-10-14(18)15(19)20/h2,4-5,8-9,12,14H,3,6-7,10-11H2,1H3,(H,17,21)(H,19,20). The van der Waals surface area contributed by atoms with E-state index in [2.05, 4.69) is 5.32 Å². The molecule has 1 aliphatic heterocycles. The van der Waals surface area contributed by atoms with E-state index >= 15 is 0 Å². The smallest absolute Gasteiger partial charge is 0.326 e. The van der Waals surface area contributed by atoms with E-state index in [1.165, 1.54) is 4.90 Å². The van der Waals surface area contributed by atoms with E-state index in [-0.39, 0.29) is 12.1 Å². The fourth-order valence-electron chi connectivity index (χ4n) is 2.70. The highest BCUT2D eigenvalue weighted by Crippen LogP contribution is 2.19. The molecule has 2 amide bonds. The second-order valence-corrected chi connectivity index (χ2v) is 5.48. The third kappa shape index (κ3) is 3.97. The van der Waals surface area contributed by atoms with Crippen molar-refractivity contribution in [1.82, 2.24) is 10.2 Å². The number of carbonyl (C=O) groups is 2. The highest BCUT2D eigenvalue weighted by atomic mass is 16.4. The molecule has 21 heavy (non-hydrogen) atoms. The number of carboxylic acids is 1. The third-order valence-corrected chi connectivity index (χ3v) is 3.94. The predicted molar refractivity (Wildman–Crippen MR) is 80.0 cm³/mol. The normalized spacial score (nSPS) is 20.4. The quantitative estimate of drug-likeness (QED) is 0.899. The van der Waals surface area contributed by atoms with E-state index in [1.54, 1.807) is 0 Å². The molecule has 1 aromatic carbocycles. The molecule has 1 heterocycles. The average Bonchev–Trinajstić information content (AvgIpc) is 2.74. The number of aliphatic carboxylic acids is 1. The molecule has 2 unspecified atom stereocenters. The second kappa shape index (κ2) is 7.11. The summed E-state index contributed by atoms with van der Waals surface area (Å²) >= 11 is 0. The van der Waals surface area contributed by atoms with Crippen molar-refractivity contribution in [2.24, 2.45) is 0 Å². The summed E-state index contributed by atoms with van der Waals surface area (Å²) < 4.78 is 0. The third-order valence-electron chi connectivity index (χ3n) is 3.94. The van der Waals surface area contributed by atoms with Crippen molar-refractivity contribution in [2.75, 3.05) is 6.54 Å². The fraction of sp³-hybridized carbons (Fsp3) is 0.500. The number of benzene rings is 1. The van der Waals surface area contributed by atoms with Gasteiger partial charge in [-0.15, -0.1) is 0 Å². The number of carboxylic acid groups (broad SMARTS) is 1. The lowest BCUT2D eigenvalue weighted by Crippen LogP contribution is -2.49. The van der Waals surface area contributed by atoms with Crippen LogP contribution in [0.4, 0.5) is 4.79 Å². The molecule has 1 aliphatic rings. The van der Waals surface area contributed by atoms with Gasteiger partial charge >= 0.3 is 12.0 Å². The average molecular weight is 290 g/mol. The molecule has 0 radical (unpaired) electrons. The molecule has 114 valence electrons. The molecular weight excluding hydrogens is 268 g/mol. The maximum absolute atomic E-state index is 12.4. The number of hydrogen-bond acceptors (Lipinski definition) is 2. The second-order valence-electron chi connectivity index (χ2n) is 5.48. The predicted octanol–water partition coefficient (Wildman–Crippen LogP) is 2.79. The van der Waals surface area contributed by atoms with Crippen LogP contribution in [0.1, 0.15) is 44.2 Å². The molecule has 2 N–H and O–H groups in total. The van der Waals surface area contributed by atoms with Crippen LogP contribution in [0, 0.1) is 0 Å². The van der Waals surface area contributed by atoms with E-state index in [0.29, 0.717) is 13.0 Å². The fourth-order valence-corrected chi connectivity index (χ4v) is 2.70. The molecule has 1 saturated heterocycles. The van der Waals surface area contributed by atoms with E-state index in [0.717, 1.165) is 24.8 Å². The first-order chi connectivity index (χ1) is 10.1. The summed E-state index contributed by atoms with van der Waals surface area (Å²) in [6, 6.07) is 8.51. The molecular formula is C16H22N2O3. The minimum absolute atomic E-state index is 0.142. The first-order valence-electron chi connectivity index (χ1n) is 7.44. The molecule has 0 bridgehead atoms. The number of rotatable bonds is 3. The maximum atomic E-state index is 12.4. The van der Waals surface area contributed by atoms with Gasteiger partial charge in [-0.25, -0.2) is 9.59 Å². The lowest BCUT2D eigenvalue weighted by molar-refractivity contribution is -0.142. The van der Waals surface area contributed by atoms with E-state index < -0.39 is 12.0 Å². The van der Waals surface area contributed by atoms with E-state index in [9.17, 15) is 14.7 Å². The Balaban J connectivity index is 2.05. The van der Waals surface area contributed by atoms with E-state index in [1.807, 2.05) is 37.3 Å².